The molecule has 7 heteroatoms. The molecule has 1 unspecified atom stereocenters. The van der Waals surface area contributed by atoms with Crippen LogP contribution in [0, 0.1) is 0 Å². The number of benzene rings is 2. The summed E-state index contributed by atoms with van der Waals surface area (Å²) in [7, 11) is 0. The highest BCUT2D eigenvalue weighted by Crippen LogP contribution is 2.38. The van der Waals surface area contributed by atoms with Gasteiger partial charge in [0.05, 0.1) is 5.56 Å². The summed E-state index contributed by atoms with van der Waals surface area (Å²) >= 11 is 0. The molecule has 2 bridgehead atoms. The molecule has 0 spiro atoms. The molecule has 182 valence electrons. The predicted molar refractivity (Wildman–Crippen MR) is 140 cm³/mol. The van der Waals surface area contributed by atoms with Crippen molar-refractivity contribution in [1.29, 1.82) is 0 Å². The number of nitrogens with one attached hydrogen (secondary N) is 3. The van der Waals surface area contributed by atoms with Crippen LogP contribution in [0.3, 0.4) is 0 Å². The first kappa shape index (κ1) is 22.3. The fraction of sp³-hybridized carbons (Fsp3) is 0.276. The van der Waals surface area contributed by atoms with Gasteiger partial charge in [0.1, 0.15) is 5.82 Å². The summed E-state index contributed by atoms with van der Waals surface area (Å²) in [5, 5.41) is 7.32. The number of nitrogens with zero attached hydrogens (tertiary/aromatic N) is 2. The Bertz CT molecular complexity index is 1370. The molecule has 0 radical (unpaired) electrons. The van der Waals surface area contributed by atoms with Crippen LogP contribution < -0.4 is 15.5 Å². The molecule has 6 rings (SSSR count). The Morgan fingerprint density at radius 2 is 1.69 bits per heavy atom. The molecule has 0 aliphatic carbocycles. The summed E-state index contributed by atoms with van der Waals surface area (Å²) in [6, 6.07) is 22.3. The standard InChI is InChI=1S/C29H29N5O2/c35-28(32-17-19-4-2-1-3-5-19)22-8-11-27(31-18-22)34-24-9-10-25(34)16-23(15-24)33-29(36)21-7-6-20-12-13-30-26(20)14-21/h1-8,11-14,18,23-25,30H,9-10,15-17H2,(H,32,35)(H,33,36)/t23?,24-,25+. The molecule has 2 aromatic heterocycles. The van der Waals surface area contributed by atoms with E-state index in [2.05, 4.69) is 25.5 Å². The fourth-order valence-corrected chi connectivity index (χ4v) is 5.68. The lowest BCUT2D eigenvalue weighted by Crippen LogP contribution is -2.50. The van der Waals surface area contributed by atoms with Crippen LogP contribution in [0.2, 0.25) is 0 Å². The number of carbonyl (C=O) groups is 2. The number of piperidine rings is 1. The van der Waals surface area contributed by atoms with Crippen molar-refractivity contribution in [2.45, 2.75) is 50.4 Å². The van der Waals surface area contributed by atoms with Crippen LogP contribution in [0.5, 0.6) is 0 Å². The van der Waals surface area contributed by atoms with Crippen LogP contribution in [-0.4, -0.2) is 39.9 Å². The van der Waals surface area contributed by atoms with Gasteiger partial charge in [-0.2, -0.15) is 0 Å². The molecule has 2 aliphatic rings. The van der Waals surface area contributed by atoms with E-state index in [0.29, 0.717) is 29.8 Å². The third kappa shape index (κ3) is 4.44. The molecule has 2 saturated heterocycles. The first-order valence-corrected chi connectivity index (χ1v) is 12.6. The zero-order valence-corrected chi connectivity index (χ0v) is 20.0. The quantitative estimate of drug-likeness (QED) is 0.382. The molecule has 2 amide bonds. The van der Waals surface area contributed by atoms with Gasteiger partial charge in [0.15, 0.2) is 0 Å². The van der Waals surface area contributed by atoms with Gasteiger partial charge in [-0.3, -0.25) is 9.59 Å². The first-order valence-electron chi connectivity index (χ1n) is 12.6. The number of rotatable bonds is 6. The van der Waals surface area contributed by atoms with Gasteiger partial charge in [0.2, 0.25) is 0 Å². The van der Waals surface area contributed by atoms with Crippen LogP contribution in [-0.2, 0) is 6.54 Å². The van der Waals surface area contributed by atoms with Crippen LogP contribution in [0.4, 0.5) is 5.82 Å². The van der Waals surface area contributed by atoms with E-state index in [0.717, 1.165) is 48.0 Å². The fourth-order valence-electron chi connectivity index (χ4n) is 5.68. The Balaban J connectivity index is 1.07. The van der Waals surface area contributed by atoms with Crippen molar-refractivity contribution in [1.82, 2.24) is 20.6 Å². The number of anilines is 1. The van der Waals surface area contributed by atoms with Crippen molar-refractivity contribution in [3.8, 4) is 0 Å². The van der Waals surface area contributed by atoms with Gasteiger partial charge in [-0.05, 0) is 67.0 Å². The normalized spacial score (nSPS) is 20.9. The minimum atomic E-state index is -0.125. The van der Waals surface area contributed by atoms with Crippen molar-refractivity contribution in [3.63, 3.8) is 0 Å². The Morgan fingerprint density at radius 3 is 2.44 bits per heavy atom. The molecule has 4 heterocycles. The Labute approximate surface area is 209 Å². The van der Waals surface area contributed by atoms with Crippen molar-refractivity contribution < 1.29 is 9.59 Å². The lowest BCUT2D eigenvalue weighted by molar-refractivity contribution is 0.0924. The maximum absolute atomic E-state index is 12.9. The van der Waals surface area contributed by atoms with E-state index >= 15 is 0 Å². The van der Waals surface area contributed by atoms with Gasteiger partial charge in [-0.15, -0.1) is 0 Å². The van der Waals surface area contributed by atoms with Gasteiger partial charge in [-0.25, -0.2) is 4.98 Å². The van der Waals surface area contributed by atoms with Crippen LogP contribution in [0.25, 0.3) is 10.9 Å². The number of hydrogen-bond acceptors (Lipinski definition) is 4. The molecule has 3 N–H and O–H groups in total. The van der Waals surface area contributed by atoms with Gasteiger partial charge in [-0.1, -0.05) is 36.4 Å². The number of pyridine rings is 1. The maximum atomic E-state index is 12.9. The topological polar surface area (TPSA) is 90.1 Å². The lowest BCUT2D eigenvalue weighted by Gasteiger charge is -2.40. The Morgan fingerprint density at radius 1 is 0.917 bits per heavy atom. The second kappa shape index (κ2) is 9.49. The molecule has 2 aromatic carbocycles. The average Bonchev–Trinajstić information content (AvgIpc) is 3.49. The summed E-state index contributed by atoms with van der Waals surface area (Å²) in [5.41, 5.74) is 3.28. The monoisotopic (exact) mass is 479 g/mol. The molecule has 36 heavy (non-hydrogen) atoms. The number of aromatic nitrogens is 2. The molecule has 7 nitrogen and oxygen atoms in total. The molecule has 0 saturated carbocycles. The average molecular weight is 480 g/mol. The second-order valence-corrected chi connectivity index (χ2v) is 9.79. The van der Waals surface area contributed by atoms with Gasteiger partial charge < -0.3 is 20.5 Å². The SMILES string of the molecule is O=C(NCc1ccccc1)c1ccc(N2[C@@H]3CC[C@H]2CC(NC(=O)c2ccc4cc[nH]c4c2)C3)nc1. The third-order valence-corrected chi connectivity index (χ3v) is 7.46. The van der Waals surface area contributed by atoms with Crippen LogP contribution >= 0.6 is 0 Å². The lowest BCUT2D eigenvalue weighted by atomic mass is 9.96. The van der Waals surface area contributed by atoms with E-state index in [9.17, 15) is 9.59 Å². The maximum Gasteiger partial charge on any atom is 0.253 e. The zero-order valence-electron chi connectivity index (χ0n) is 20.0. The van der Waals surface area contributed by atoms with E-state index in [1.165, 1.54) is 0 Å². The van der Waals surface area contributed by atoms with Crippen LogP contribution in [0.1, 0.15) is 52.0 Å². The summed E-state index contributed by atoms with van der Waals surface area (Å²) in [4.78, 5) is 35.7. The summed E-state index contributed by atoms with van der Waals surface area (Å²) < 4.78 is 0. The molecule has 4 aromatic rings. The first-order chi connectivity index (χ1) is 17.6. The van der Waals surface area contributed by atoms with Crippen molar-refractivity contribution in [2.75, 3.05) is 4.90 Å². The minimum absolute atomic E-state index is 0.0201. The largest absolute Gasteiger partial charge is 0.361 e. The van der Waals surface area contributed by atoms with Gasteiger partial charge >= 0.3 is 0 Å². The Kier molecular flexibility index (Phi) is 5.89. The van der Waals surface area contributed by atoms with Gasteiger partial charge in [0, 0.05) is 48.1 Å². The molecule has 3 atom stereocenters. The highest BCUT2D eigenvalue weighted by Gasteiger charge is 2.41. The smallest absolute Gasteiger partial charge is 0.253 e. The van der Waals surface area contributed by atoms with Gasteiger partial charge in [0.25, 0.3) is 11.8 Å². The van der Waals surface area contributed by atoms with Crippen LogP contribution in [0.15, 0.2) is 79.1 Å². The number of carbonyl (C=O) groups excluding carboxylic acids is 2. The minimum Gasteiger partial charge on any atom is -0.361 e. The van der Waals surface area contributed by atoms with E-state index in [1.807, 2.05) is 72.9 Å². The third-order valence-electron chi connectivity index (χ3n) is 7.46. The summed E-state index contributed by atoms with van der Waals surface area (Å²) in [6.07, 6.45) is 7.53. The van der Waals surface area contributed by atoms with Crippen molar-refractivity contribution in [2.24, 2.45) is 0 Å². The number of H-pyrrole nitrogens is 1. The molecule has 2 aliphatic heterocycles. The van der Waals surface area contributed by atoms with E-state index < -0.39 is 0 Å². The summed E-state index contributed by atoms with van der Waals surface area (Å²) in [6.45, 7) is 0.490. The molecular formula is C29H29N5O2. The van der Waals surface area contributed by atoms with Crippen molar-refractivity contribution >= 4 is 28.5 Å². The Hall–Kier alpha value is -4.13. The number of fused-ring (bicyclic) bond motifs is 3. The molecular weight excluding hydrogens is 450 g/mol. The number of hydrogen-bond donors (Lipinski definition) is 3. The van der Waals surface area contributed by atoms with E-state index in [-0.39, 0.29) is 17.9 Å². The van der Waals surface area contributed by atoms with E-state index in [4.69, 9.17) is 0 Å². The van der Waals surface area contributed by atoms with Crippen molar-refractivity contribution in [3.05, 3.63) is 95.8 Å². The summed E-state index contributed by atoms with van der Waals surface area (Å²) in [5.74, 6) is 0.761. The number of aromatic amines is 1. The zero-order chi connectivity index (χ0) is 24.5. The predicted octanol–water partition coefficient (Wildman–Crippen LogP) is 4.42. The second-order valence-electron chi connectivity index (χ2n) is 9.79. The highest BCUT2D eigenvalue weighted by atomic mass is 16.2. The molecule has 2 fully saturated rings. The highest BCUT2D eigenvalue weighted by molar-refractivity contribution is 5.98. The van der Waals surface area contributed by atoms with E-state index in [1.54, 1.807) is 6.20 Å². The number of amides is 2.